The van der Waals surface area contributed by atoms with Crippen molar-refractivity contribution in [2.75, 3.05) is 0 Å². The van der Waals surface area contributed by atoms with Crippen molar-refractivity contribution in [1.82, 2.24) is 4.57 Å². The van der Waals surface area contributed by atoms with E-state index in [1.807, 2.05) is 0 Å². The predicted molar refractivity (Wildman–Crippen MR) is 114 cm³/mol. The average Bonchev–Trinajstić information content (AvgIpc) is 3.05. The van der Waals surface area contributed by atoms with E-state index in [2.05, 4.69) is 96.0 Å². The van der Waals surface area contributed by atoms with Gasteiger partial charge >= 0.3 is 0 Å². The van der Waals surface area contributed by atoms with Crippen LogP contribution in [-0.4, -0.2) is 4.57 Å². The molecule has 3 nitrogen and oxygen atoms in total. The van der Waals surface area contributed by atoms with E-state index in [0.717, 1.165) is 24.3 Å². The first-order valence-electron chi connectivity index (χ1n) is 10.3. The first kappa shape index (κ1) is 16.6. The van der Waals surface area contributed by atoms with Gasteiger partial charge < -0.3 is 4.74 Å². The Labute approximate surface area is 170 Å². The van der Waals surface area contributed by atoms with Gasteiger partial charge in [0.05, 0.1) is 5.56 Å². The molecule has 2 aliphatic rings. The molecular weight excluding hydrogens is 356 g/mol. The monoisotopic (exact) mass is 379 g/mol. The van der Waals surface area contributed by atoms with Gasteiger partial charge in [0.15, 0.2) is 0 Å². The van der Waals surface area contributed by atoms with E-state index >= 15 is 0 Å². The van der Waals surface area contributed by atoms with Gasteiger partial charge in [0.1, 0.15) is 35.6 Å². The highest BCUT2D eigenvalue weighted by atomic mass is 16.5. The van der Waals surface area contributed by atoms with Crippen LogP contribution in [0.2, 0.25) is 0 Å². The highest BCUT2D eigenvalue weighted by molar-refractivity contribution is 5.67. The molecule has 0 aliphatic carbocycles. The lowest BCUT2D eigenvalue weighted by atomic mass is 9.95. The van der Waals surface area contributed by atoms with Crippen molar-refractivity contribution in [3.8, 4) is 28.6 Å². The fourth-order valence-electron chi connectivity index (χ4n) is 5.11. The summed E-state index contributed by atoms with van der Waals surface area (Å²) in [6.07, 6.45) is 6.55. The number of para-hydroxylation sites is 2. The summed E-state index contributed by atoms with van der Waals surface area (Å²) < 4.78 is 11.3. The molecule has 0 saturated carbocycles. The maximum Gasteiger partial charge on any atom is 0.294 e. The minimum atomic E-state index is 0.257. The van der Waals surface area contributed by atoms with Crippen molar-refractivity contribution in [2.45, 2.75) is 32.7 Å². The molecule has 6 rings (SSSR count). The molecule has 1 unspecified atom stereocenters. The first-order chi connectivity index (χ1) is 14.2. The summed E-state index contributed by atoms with van der Waals surface area (Å²) in [7, 11) is 0. The number of aryl methyl sites for hydroxylation is 2. The van der Waals surface area contributed by atoms with Gasteiger partial charge in [-0.25, -0.2) is 4.57 Å². The molecule has 29 heavy (non-hydrogen) atoms. The number of benzene rings is 3. The Hall–Kier alpha value is -3.33. The molecule has 3 heterocycles. The van der Waals surface area contributed by atoms with E-state index in [9.17, 15) is 0 Å². The molecule has 142 valence electrons. The SMILES string of the molecule is Cc1cccc(C)c1-n1cc[n+]2c1-c1cccc3c1CCC2c1ccccc1O3. The van der Waals surface area contributed by atoms with Crippen molar-refractivity contribution in [2.24, 2.45) is 0 Å². The molecule has 2 aliphatic heterocycles. The van der Waals surface area contributed by atoms with Crippen LogP contribution in [-0.2, 0) is 6.42 Å². The summed E-state index contributed by atoms with van der Waals surface area (Å²) in [5.74, 6) is 3.19. The zero-order chi connectivity index (χ0) is 19.5. The van der Waals surface area contributed by atoms with Crippen LogP contribution in [0.5, 0.6) is 11.5 Å². The summed E-state index contributed by atoms with van der Waals surface area (Å²) in [5, 5.41) is 0. The van der Waals surface area contributed by atoms with E-state index < -0.39 is 0 Å². The second-order valence-corrected chi connectivity index (χ2v) is 8.12. The molecule has 1 aromatic heterocycles. The Bertz CT molecular complexity index is 1250. The molecule has 2 bridgehead atoms. The molecule has 3 heteroatoms. The highest BCUT2D eigenvalue weighted by Crippen LogP contribution is 2.43. The van der Waals surface area contributed by atoms with Gasteiger partial charge in [-0.1, -0.05) is 42.5 Å². The average molecular weight is 379 g/mol. The Morgan fingerprint density at radius 2 is 1.66 bits per heavy atom. The third-order valence-corrected chi connectivity index (χ3v) is 6.40. The zero-order valence-corrected chi connectivity index (χ0v) is 16.7. The molecule has 0 N–H and O–H groups in total. The normalized spacial score (nSPS) is 16.3. The van der Waals surface area contributed by atoms with Crippen molar-refractivity contribution < 1.29 is 9.30 Å². The first-order valence-corrected chi connectivity index (χ1v) is 10.3. The second kappa shape index (κ2) is 6.08. The van der Waals surface area contributed by atoms with Crippen LogP contribution >= 0.6 is 0 Å². The number of aromatic nitrogens is 2. The summed E-state index contributed by atoms with van der Waals surface area (Å²) >= 11 is 0. The van der Waals surface area contributed by atoms with Crippen LogP contribution in [0.15, 0.2) is 73.1 Å². The number of nitrogens with zero attached hydrogens (tertiary/aromatic N) is 2. The lowest BCUT2D eigenvalue weighted by Gasteiger charge is -2.20. The van der Waals surface area contributed by atoms with E-state index in [0.29, 0.717) is 0 Å². The number of ether oxygens (including phenoxy) is 1. The summed E-state index contributed by atoms with van der Waals surface area (Å²) in [6.45, 7) is 4.39. The molecule has 0 saturated heterocycles. The highest BCUT2D eigenvalue weighted by Gasteiger charge is 2.37. The van der Waals surface area contributed by atoms with Crippen LogP contribution in [0.4, 0.5) is 0 Å². The lowest BCUT2D eigenvalue weighted by molar-refractivity contribution is -0.702. The molecule has 1 atom stereocenters. The molecule has 0 amide bonds. The maximum absolute atomic E-state index is 6.44. The molecule has 3 aromatic carbocycles. The number of fused-ring (bicyclic) bond motifs is 7. The lowest BCUT2D eigenvalue weighted by Crippen LogP contribution is -2.40. The third-order valence-electron chi connectivity index (χ3n) is 6.40. The standard InChI is InChI=1S/C26H23N2O/c1-17-7-5-8-18(2)25(17)28-16-15-27-22-14-13-19-20(26(27)28)10-6-12-23(19)29-24-11-4-3-9-21(22)24/h3-12,15-16,22H,13-14H2,1-2H3/q+1. The maximum atomic E-state index is 6.44. The second-order valence-electron chi connectivity index (χ2n) is 8.12. The largest absolute Gasteiger partial charge is 0.457 e. The van der Waals surface area contributed by atoms with Gasteiger partial charge in [-0.3, -0.25) is 0 Å². The molecule has 0 spiro atoms. The molecule has 0 radical (unpaired) electrons. The number of hydrogen-bond acceptors (Lipinski definition) is 1. The minimum absolute atomic E-state index is 0.257. The van der Waals surface area contributed by atoms with E-state index in [1.54, 1.807) is 0 Å². The van der Waals surface area contributed by atoms with Gasteiger partial charge in [-0.2, -0.15) is 4.57 Å². The van der Waals surface area contributed by atoms with Gasteiger partial charge in [0.2, 0.25) is 0 Å². The molecule has 4 aromatic rings. The number of hydrogen-bond donors (Lipinski definition) is 0. The fraction of sp³-hybridized carbons (Fsp3) is 0.192. The summed E-state index contributed by atoms with van der Waals surface area (Å²) in [6, 6.07) is 21.7. The van der Waals surface area contributed by atoms with E-state index in [4.69, 9.17) is 4.74 Å². The van der Waals surface area contributed by atoms with Crippen LogP contribution in [0, 0.1) is 13.8 Å². The Balaban J connectivity index is 1.73. The Morgan fingerprint density at radius 3 is 2.52 bits per heavy atom. The number of imidazole rings is 1. The number of rotatable bonds is 1. The van der Waals surface area contributed by atoms with Crippen molar-refractivity contribution in [3.05, 3.63) is 95.3 Å². The molecular formula is C26H23N2O+. The zero-order valence-electron chi connectivity index (χ0n) is 16.7. The third kappa shape index (κ3) is 2.34. The van der Waals surface area contributed by atoms with Crippen molar-refractivity contribution >= 4 is 0 Å². The quantitative estimate of drug-likeness (QED) is 0.389. The Morgan fingerprint density at radius 1 is 0.897 bits per heavy atom. The topological polar surface area (TPSA) is 18.0 Å². The van der Waals surface area contributed by atoms with Gasteiger partial charge in [-0.15, -0.1) is 0 Å². The molecule has 0 fully saturated rings. The Kier molecular flexibility index (Phi) is 3.48. The van der Waals surface area contributed by atoms with Gasteiger partial charge in [0.25, 0.3) is 5.82 Å². The van der Waals surface area contributed by atoms with Crippen LogP contribution in [0.25, 0.3) is 17.1 Å². The van der Waals surface area contributed by atoms with E-state index in [-0.39, 0.29) is 6.04 Å². The van der Waals surface area contributed by atoms with Crippen molar-refractivity contribution in [3.63, 3.8) is 0 Å². The van der Waals surface area contributed by atoms with Gasteiger partial charge in [-0.05, 0) is 56.0 Å². The summed E-state index contributed by atoms with van der Waals surface area (Å²) in [4.78, 5) is 0. The van der Waals surface area contributed by atoms with Crippen LogP contribution in [0.3, 0.4) is 0 Å². The summed E-state index contributed by atoms with van der Waals surface area (Å²) in [5.41, 5.74) is 7.68. The fourth-order valence-corrected chi connectivity index (χ4v) is 5.11. The van der Waals surface area contributed by atoms with Gasteiger partial charge in [0, 0.05) is 11.1 Å². The van der Waals surface area contributed by atoms with E-state index in [1.165, 1.54) is 39.3 Å². The van der Waals surface area contributed by atoms with Crippen LogP contribution in [0.1, 0.15) is 34.7 Å². The van der Waals surface area contributed by atoms with Crippen LogP contribution < -0.4 is 9.30 Å². The smallest absolute Gasteiger partial charge is 0.294 e. The minimum Gasteiger partial charge on any atom is -0.457 e. The van der Waals surface area contributed by atoms with Crippen molar-refractivity contribution in [1.29, 1.82) is 0 Å². The predicted octanol–water partition coefficient (Wildman–Crippen LogP) is 5.69.